The van der Waals surface area contributed by atoms with Crippen LogP contribution in [0.15, 0.2) is 109 Å². The molecule has 66 heavy (non-hydrogen) atoms. The van der Waals surface area contributed by atoms with Crippen molar-refractivity contribution >= 4 is 47.6 Å². The number of carbonyl (C=O) groups is 4. The standard InChI is InChI=1S/C48H48Cl2N4O9.CH2O2/c1-59-41-15-14-33(22-43(41)60-2)42(23-38-39(49)26-54(58)27-40(38)50)62-47(56)36-24-53(25-36)46(55)35-12-6-8-30(20-35)29-61-37-13-7-11-34(21-37)45(32-9-4-3-5-10-32)51-48(57)63-44-28-52-18-16-31(44)17-19-52;2-1-3/h3-15,20-22,26-27,31,36,42,44-45H,16-19,23-25,28-29H2,1-2H3,(H,51,57);1H,(H,2,3)/t42-,44-,45-;/m0./s1. The first kappa shape index (κ1) is 47.4. The molecule has 0 aliphatic carbocycles. The number of piperidine rings is 3. The Kier molecular flexibility index (Phi) is 15.9. The number of carbonyl (C=O) groups excluding carboxylic acids is 3. The maximum Gasteiger partial charge on any atom is 0.408 e. The van der Waals surface area contributed by atoms with Gasteiger partial charge in [0.1, 0.15) is 34.6 Å². The van der Waals surface area contributed by atoms with Crippen molar-refractivity contribution in [3.8, 4) is 17.2 Å². The smallest absolute Gasteiger partial charge is 0.408 e. The average molecular weight is 942 g/mol. The minimum atomic E-state index is -0.853. The fourth-order valence-corrected chi connectivity index (χ4v) is 9.09. The van der Waals surface area contributed by atoms with Crippen LogP contribution in [0, 0.1) is 17.0 Å². The molecule has 2 bridgehead atoms. The molecule has 0 saturated carbocycles. The summed E-state index contributed by atoms with van der Waals surface area (Å²) in [5, 5.41) is 22.2. The summed E-state index contributed by atoms with van der Waals surface area (Å²) in [6, 6.07) is 29.2. The quantitative estimate of drug-likeness (QED) is 0.0460. The molecule has 4 saturated heterocycles. The van der Waals surface area contributed by atoms with Crippen LogP contribution in [0.25, 0.3) is 0 Å². The maximum atomic E-state index is 13.6. The van der Waals surface area contributed by atoms with Crippen molar-refractivity contribution in [3.63, 3.8) is 0 Å². The third-order valence-corrected chi connectivity index (χ3v) is 12.7. The number of nitrogens with zero attached hydrogens (tertiary/aromatic N) is 3. The minimum absolute atomic E-state index is 0.0765. The van der Waals surface area contributed by atoms with Gasteiger partial charge in [0.05, 0.1) is 26.2 Å². The molecule has 346 valence electrons. The number of hydrogen-bond acceptors (Lipinski definition) is 11. The highest BCUT2D eigenvalue weighted by molar-refractivity contribution is 6.35. The van der Waals surface area contributed by atoms with Crippen LogP contribution in [0.1, 0.15) is 63.2 Å². The minimum Gasteiger partial charge on any atom is -0.619 e. The molecule has 5 aromatic rings. The monoisotopic (exact) mass is 940 g/mol. The number of ether oxygens (including phenoxy) is 5. The molecule has 2 amide bonds. The lowest BCUT2D eigenvalue weighted by molar-refractivity contribution is -0.605. The number of rotatable bonds is 15. The van der Waals surface area contributed by atoms with Crippen molar-refractivity contribution in [1.82, 2.24) is 15.1 Å². The Labute approximate surface area is 392 Å². The predicted octanol–water partition coefficient (Wildman–Crippen LogP) is 7.43. The lowest BCUT2D eigenvalue weighted by atomic mass is 9.86. The van der Waals surface area contributed by atoms with Gasteiger partial charge in [0, 0.05) is 37.2 Å². The van der Waals surface area contributed by atoms with Crippen LogP contribution in [0.5, 0.6) is 17.2 Å². The number of alkyl carbamates (subject to hydrolysis) is 1. The van der Waals surface area contributed by atoms with E-state index in [9.17, 15) is 19.6 Å². The van der Waals surface area contributed by atoms with Gasteiger partial charge < -0.3 is 44.2 Å². The summed E-state index contributed by atoms with van der Waals surface area (Å²) < 4.78 is 29.7. The van der Waals surface area contributed by atoms with E-state index in [0.717, 1.165) is 49.2 Å². The van der Waals surface area contributed by atoms with Crippen LogP contribution in [0.3, 0.4) is 0 Å². The van der Waals surface area contributed by atoms with Gasteiger partial charge in [-0.15, -0.1) is 0 Å². The number of fused-ring (bicyclic) bond motifs is 3. The first-order valence-electron chi connectivity index (χ1n) is 21.4. The fourth-order valence-electron chi connectivity index (χ4n) is 8.49. The fraction of sp³-hybridized carbons (Fsp3) is 0.327. The van der Waals surface area contributed by atoms with Gasteiger partial charge in [-0.2, -0.15) is 4.73 Å². The molecule has 4 aliphatic rings. The van der Waals surface area contributed by atoms with Crippen molar-refractivity contribution in [2.45, 2.75) is 44.1 Å². The summed E-state index contributed by atoms with van der Waals surface area (Å²) in [6.45, 7) is 3.16. The van der Waals surface area contributed by atoms with Gasteiger partial charge in [0.25, 0.3) is 12.4 Å². The molecule has 5 heterocycles. The van der Waals surface area contributed by atoms with Gasteiger partial charge in [-0.05, 0) is 90.5 Å². The highest BCUT2D eigenvalue weighted by atomic mass is 35.5. The van der Waals surface area contributed by atoms with Crippen LogP contribution < -0.4 is 24.3 Å². The molecule has 17 heteroatoms. The van der Waals surface area contributed by atoms with Gasteiger partial charge in [-0.3, -0.25) is 19.3 Å². The second kappa shape index (κ2) is 22.1. The molecule has 0 unspecified atom stereocenters. The van der Waals surface area contributed by atoms with Crippen LogP contribution >= 0.6 is 23.2 Å². The van der Waals surface area contributed by atoms with E-state index in [1.807, 2.05) is 60.7 Å². The van der Waals surface area contributed by atoms with Crippen LogP contribution in [-0.4, -0.2) is 92.4 Å². The lowest BCUT2D eigenvalue weighted by Crippen LogP contribution is -2.53. The summed E-state index contributed by atoms with van der Waals surface area (Å²) in [4.78, 5) is 52.9. The van der Waals surface area contributed by atoms with E-state index in [4.69, 9.17) is 56.8 Å². The van der Waals surface area contributed by atoms with Crippen molar-refractivity contribution < 1.29 is 52.7 Å². The van der Waals surface area contributed by atoms with Gasteiger partial charge in [0.2, 0.25) is 0 Å². The topological polar surface area (TPSA) is 180 Å². The Morgan fingerprint density at radius 1 is 0.848 bits per heavy atom. The highest BCUT2D eigenvalue weighted by Gasteiger charge is 2.39. The molecule has 15 nitrogen and oxygen atoms in total. The van der Waals surface area contributed by atoms with Crippen molar-refractivity contribution in [2.75, 3.05) is 46.9 Å². The lowest BCUT2D eigenvalue weighted by Gasteiger charge is -2.43. The number of halogens is 2. The maximum absolute atomic E-state index is 13.6. The SMILES string of the molecule is COc1ccc([C@H](Cc2c(Cl)c[n+]([O-])cc2Cl)OC(=O)C2CN(C(=O)c3cccc(COc4cccc([C@@H](NC(=O)O[C@H]5CN6CCC5CC6)c5ccccc5)c4)c3)C2)cc1OC.O=CO. The zero-order valence-corrected chi connectivity index (χ0v) is 37.9. The number of nitrogens with one attached hydrogen (secondary N) is 1. The van der Waals surface area contributed by atoms with E-state index in [-0.39, 0.29) is 54.6 Å². The molecule has 2 N–H and O–H groups in total. The van der Waals surface area contributed by atoms with Crippen LogP contribution in [0.4, 0.5) is 4.79 Å². The molecule has 4 aliphatic heterocycles. The summed E-state index contributed by atoms with van der Waals surface area (Å²) in [7, 11) is 3.02. The predicted molar refractivity (Wildman–Crippen MR) is 244 cm³/mol. The summed E-state index contributed by atoms with van der Waals surface area (Å²) in [5.74, 6) is 0.620. The Bertz CT molecular complexity index is 2480. The number of carboxylic acid groups (broad SMARTS) is 1. The zero-order valence-electron chi connectivity index (χ0n) is 36.3. The molecule has 9 rings (SSSR count). The number of esters is 1. The van der Waals surface area contributed by atoms with Crippen molar-refractivity contribution in [3.05, 3.63) is 158 Å². The van der Waals surface area contributed by atoms with E-state index in [1.165, 1.54) is 26.6 Å². The van der Waals surface area contributed by atoms with Gasteiger partial charge in [0.15, 0.2) is 23.9 Å². The molecule has 3 atom stereocenters. The van der Waals surface area contributed by atoms with Gasteiger partial charge >= 0.3 is 12.1 Å². The third-order valence-electron chi connectivity index (χ3n) is 12.0. The largest absolute Gasteiger partial charge is 0.619 e. The van der Waals surface area contributed by atoms with Crippen molar-refractivity contribution in [1.29, 1.82) is 0 Å². The molecule has 0 radical (unpaired) electrons. The van der Waals surface area contributed by atoms with E-state index < -0.39 is 30.1 Å². The van der Waals surface area contributed by atoms with Gasteiger partial charge in [-0.1, -0.05) is 83.9 Å². The molecule has 4 fully saturated rings. The number of hydrogen-bond donors (Lipinski definition) is 2. The Morgan fingerprint density at radius 3 is 2.20 bits per heavy atom. The number of benzene rings is 4. The first-order valence-corrected chi connectivity index (χ1v) is 22.1. The second-order valence-corrected chi connectivity index (χ2v) is 17.0. The molecule has 4 aromatic carbocycles. The number of amides is 2. The van der Waals surface area contributed by atoms with Crippen LogP contribution in [0.2, 0.25) is 10.0 Å². The van der Waals surface area contributed by atoms with E-state index >= 15 is 0 Å². The first-order chi connectivity index (χ1) is 32.0. The van der Waals surface area contributed by atoms with E-state index in [2.05, 4.69) is 10.2 Å². The number of pyridine rings is 1. The average Bonchev–Trinajstić information content (AvgIpc) is 3.31. The number of methoxy groups -OCH3 is 2. The zero-order chi connectivity index (χ0) is 46.7. The van der Waals surface area contributed by atoms with E-state index in [1.54, 1.807) is 41.3 Å². The molecular weight excluding hydrogens is 891 g/mol. The number of likely N-dealkylation sites (tertiary alicyclic amines) is 1. The van der Waals surface area contributed by atoms with E-state index in [0.29, 0.717) is 44.6 Å². The Balaban J connectivity index is 0.00000210. The second-order valence-electron chi connectivity index (χ2n) is 16.2. The Hall–Kier alpha value is -6.55. The molecule has 0 spiro atoms. The summed E-state index contributed by atoms with van der Waals surface area (Å²) in [6.07, 6.45) is 3.13. The normalized spacial score (nSPS) is 18.3. The summed E-state index contributed by atoms with van der Waals surface area (Å²) >= 11 is 12.8. The van der Waals surface area contributed by atoms with Crippen LogP contribution in [-0.2, 0) is 32.1 Å². The highest BCUT2D eigenvalue weighted by Crippen LogP contribution is 2.37. The molecular formula is C49H50Cl2N4O11. The third kappa shape index (κ3) is 11.6. The molecule has 1 aromatic heterocycles. The summed E-state index contributed by atoms with van der Waals surface area (Å²) in [5.41, 5.74) is 4.01. The van der Waals surface area contributed by atoms with Gasteiger partial charge in [-0.25, -0.2) is 4.79 Å². The number of aromatic nitrogens is 1. The Morgan fingerprint density at radius 2 is 1.53 bits per heavy atom. The van der Waals surface area contributed by atoms with Crippen molar-refractivity contribution in [2.24, 2.45) is 11.8 Å².